The predicted octanol–water partition coefficient (Wildman–Crippen LogP) is -0.414. The Morgan fingerprint density at radius 2 is 1.59 bits per heavy atom. The van der Waals surface area contributed by atoms with Crippen molar-refractivity contribution in [1.29, 1.82) is 0 Å². The second kappa shape index (κ2) is 18.1. The number of nitrogens with one attached hydrogen (secondary N) is 1. The van der Waals surface area contributed by atoms with Crippen molar-refractivity contribution in [3.05, 3.63) is 11.9 Å². The van der Waals surface area contributed by atoms with Gasteiger partial charge in [-0.15, -0.1) is 5.10 Å². The van der Waals surface area contributed by atoms with Gasteiger partial charge in [0.2, 0.25) is 5.91 Å². The third kappa shape index (κ3) is 15.7. The number of ether oxygens (including phenoxy) is 5. The zero-order valence-electron chi connectivity index (χ0n) is 17.0. The summed E-state index contributed by atoms with van der Waals surface area (Å²) in [4.78, 5) is 20.8. The van der Waals surface area contributed by atoms with E-state index in [9.17, 15) is 9.59 Å². The van der Waals surface area contributed by atoms with Gasteiger partial charge in [0, 0.05) is 19.9 Å². The van der Waals surface area contributed by atoms with Gasteiger partial charge in [0.15, 0.2) is 0 Å². The molecule has 0 atom stereocenters. The maximum atomic E-state index is 10.7. The second-order valence-electron chi connectivity index (χ2n) is 5.91. The van der Waals surface area contributed by atoms with E-state index >= 15 is 0 Å². The number of hydrogen-bond donors (Lipinski definition) is 1. The topological polar surface area (TPSA) is 123 Å². The summed E-state index contributed by atoms with van der Waals surface area (Å²) < 4.78 is 28.5. The smallest absolute Gasteiger partial charge is 0.216 e. The highest BCUT2D eigenvalue weighted by Gasteiger charge is 2.01. The molecule has 0 aliphatic carbocycles. The van der Waals surface area contributed by atoms with Crippen LogP contribution in [0.15, 0.2) is 6.20 Å². The fourth-order valence-corrected chi connectivity index (χ4v) is 2.04. The normalized spacial score (nSPS) is 10.9. The second-order valence-corrected chi connectivity index (χ2v) is 5.91. The average Bonchev–Trinajstić information content (AvgIpc) is 3.15. The van der Waals surface area contributed by atoms with E-state index in [1.165, 1.54) is 6.92 Å². The van der Waals surface area contributed by atoms with Crippen LogP contribution in [0.1, 0.15) is 19.0 Å². The molecule has 0 unspecified atom stereocenters. The van der Waals surface area contributed by atoms with Crippen LogP contribution in [-0.2, 0) is 46.4 Å². The Kier molecular flexibility index (Phi) is 15.7. The number of aldehydes is 1. The minimum absolute atomic E-state index is 0.0769. The fourth-order valence-electron chi connectivity index (χ4n) is 2.04. The van der Waals surface area contributed by atoms with Crippen molar-refractivity contribution in [3.8, 4) is 0 Å². The Morgan fingerprint density at radius 3 is 2.21 bits per heavy atom. The Balaban J connectivity index is 1.86. The number of nitrogens with zero attached hydrogens (tertiary/aromatic N) is 3. The minimum atomic E-state index is -0.0769. The molecule has 1 N–H and O–H groups in total. The van der Waals surface area contributed by atoms with Gasteiger partial charge in [-0.1, -0.05) is 5.21 Å². The Hall–Kier alpha value is -1.92. The standard InChI is InChI=1S/C18H32N4O7/c1-17(24)19-3-7-29-16-18-15-22(21-20-18)4-8-26-10-12-28-14-13-27-11-9-25-6-2-5-23/h5,15H,2-4,6-14,16H2,1H3,(H,19,24). The molecular weight excluding hydrogens is 384 g/mol. The first-order valence-electron chi connectivity index (χ1n) is 9.68. The molecule has 166 valence electrons. The summed E-state index contributed by atoms with van der Waals surface area (Å²) in [7, 11) is 0. The quantitative estimate of drug-likeness (QED) is 0.223. The molecule has 0 saturated heterocycles. The lowest BCUT2D eigenvalue weighted by Gasteiger charge is -2.07. The van der Waals surface area contributed by atoms with Crippen molar-refractivity contribution in [3.63, 3.8) is 0 Å². The highest BCUT2D eigenvalue weighted by Crippen LogP contribution is 1.96. The van der Waals surface area contributed by atoms with Crippen LogP contribution in [0.5, 0.6) is 0 Å². The van der Waals surface area contributed by atoms with E-state index in [-0.39, 0.29) is 5.91 Å². The van der Waals surface area contributed by atoms with E-state index in [0.29, 0.717) is 85.6 Å². The lowest BCUT2D eigenvalue weighted by molar-refractivity contribution is -0.119. The zero-order chi connectivity index (χ0) is 21.0. The van der Waals surface area contributed by atoms with Gasteiger partial charge >= 0.3 is 0 Å². The summed E-state index contributed by atoms with van der Waals surface area (Å²) in [5.74, 6) is -0.0769. The van der Waals surface area contributed by atoms with E-state index in [2.05, 4.69) is 15.6 Å². The molecule has 0 aromatic carbocycles. The first kappa shape index (κ1) is 25.1. The van der Waals surface area contributed by atoms with Crippen LogP contribution < -0.4 is 5.32 Å². The number of amides is 1. The Bertz CT molecular complexity index is 542. The summed E-state index contributed by atoms with van der Waals surface area (Å²) >= 11 is 0. The van der Waals surface area contributed by atoms with Gasteiger partial charge in [-0.3, -0.25) is 4.79 Å². The van der Waals surface area contributed by atoms with E-state index in [0.717, 1.165) is 12.0 Å². The van der Waals surface area contributed by atoms with Crippen molar-refractivity contribution in [1.82, 2.24) is 20.3 Å². The predicted molar refractivity (Wildman–Crippen MR) is 102 cm³/mol. The molecule has 0 radical (unpaired) electrons. The zero-order valence-corrected chi connectivity index (χ0v) is 17.0. The molecule has 1 aromatic heterocycles. The lowest BCUT2D eigenvalue weighted by atomic mass is 10.5. The maximum absolute atomic E-state index is 10.7. The van der Waals surface area contributed by atoms with Crippen LogP contribution in [0.25, 0.3) is 0 Å². The SMILES string of the molecule is CC(=O)NCCOCc1cn(CCOCCOCCOCCOCCC=O)nn1. The molecule has 0 bridgehead atoms. The van der Waals surface area contributed by atoms with Crippen molar-refractivity contribution in [2.45, 2.75) is 26.5 Å². The highest BCUT2D eigenvalue weighted by atomic mass is 16.6. The molecular formula is C18H32N4O7. The van der Waals surface area contributed by atoms with Crippen molar-refractivity contribution in [2.24, 2.45) is 0 Å². The van der Waals surface area contributed by atoms with Crippen molar-refractivity contribution < 1.29 is 33.3 Å². The molecule has 29 heavy (non-hydrogen) atoms. The maximum Gasteiger partial charge on any atom is 0.216 e. The monoisotopic (exact) mass is 416 g/mol. The van der Waals surface area contributed by atoms with Gasteiger partial charge in [0.25, 0.3) is 0 Å². The summed E-state index contributed by atoms with van der Waals surface area (Å²) in [6, 6.07) is 0. The van der Waals surface area contributed by atoms with Crippen LogP contribution in [0.4, 0.5) is 0 Å². The molecule has 1 amide bonds. The van der Waals surface area contributed by atoms with Crippen LogP contribution in [-0.4, -0.2) is 93.2 Å². The Morgan fingerprint density at radius 1 is 0.966 bits per heavy atom. The molecule has 1 aromatic rings. The molecule has 0 aliphatic heterocycles. The molecule has 11 heteroatoms. The molecule has 1 rings (SSSR count). The Labute approximate surface area is 171 Å². The summed E-state index contributed by atoms with van der Waals surface area (Å²) in [5, 5.41) is 10.7. The van der Waals surface area contributed by atoms with Gasteiger partial charge in [-0.2, -0.15) is 0 Å². The van der Waals surface area contributed by atoms with E-state index in [1.807, 2.05) is 0 Å². The van der Waals surface area contributed by atoms with Crippen LogP contribution >= 0.6 is 0 Å². The van der Waals surface area contributed by atoms with Crippen LogP contribution in [0.3, 0.4) is 0 Å². The molecule has 0 aliphatic rings. The van der Waals surface area contributed by atoms with Crippen molar-refractivity contribution >= 4 is 12.2 Å². The fraction of sp³-hybridized carbons (Fsp3) is 0.778. The molecule has 11 nitrogen and oxygen atoms in total. The largest absolute Gasteiger partial charge is 0.379 e. The minimum Gasteiger partial charge on any atom is -0.379 e. The van der Waals surface area contributed by atoms with Gasteiger partial charge in [0.1, 0.15) is 12.0 Å². The average molecular weight is 416 g/mol. The summed E-state index contributed by atoms with van der Waals surface area (Å²) in [6.07, 6.45) is 3.05. The summed E-state index contributed by atoms with van der Waals surface area (Å²) in [5.41, 5.74) is 0.727. The number of carbonyl (C=O) groups excluding carboxylic acids is 2. The van der Waals surface area contributed by atoms with Gasteiger partial charge < -0.3 is 33.8 Å². The molecule has 0 spiro atoms. The van der Waals surface area contributed by atoms with Gasteiger partial charge in [-0.25, -0.2) is 4.68 Å². The van der Waals surface area contributed by atoms with Gasteiger partial charge in [0.05, 0.1) is 78.8 Å². The lowest BCUT2D eigenvalue weighted by Crippen LogP contribution is -2.24. The van der Waals surface area contributed by atoms with Crippen molar-refractivity contribution in [2.75, 3.05) is 66.0 Å². The highest BCUT2D eigenvalue weighted by molar-refractivity contribution is 5.72. The van der Waals surface area contributed by atoms with Crippen LogP contribution in [0.2, 0.25) is 0 Å². The van der Waals surface area contributed by atoms with E-state index < -0.39 is 0 Å². The first-order valence-corrected chi connectivity index (χ1v) is 9.68. The third-order valence-electron chi connectivity index (χ3n) is 3.42. The summed E-state index contributed by atoms with van der Waals surface area (Å²) in [6.45, 7) is 7.17. The molecule has 0 saturated carbocycles. The van der Waals surface area contributed by atoms with Gasteiger partial charge in [-0.05, 0) is 0 Å². The van der Waals surface area contributed by atoms with E-state index in [4.69, 9.17) is 23.7 Å². The number of hydrogen-bond acceptors (Lipinski definition) is 9. The van der Waals surface area contributed by atoms with E-state index in [1.54, 1.807) is 10.9 Å². The number of rotatable bonds is 20. The molecule has 1 heterocycles. The third-order valence-corrected chi connectivity index (χ3v) is 3.42. The van der Waals surface area contributed by atoms with Crippen LogP contribution in [0, 0.1) is 0 Å². The number of aromatic nitrogens is 3. The molecule has 0 fully saturated rings. The number of carbonyl (C=O) groups is 2. The first-order chi connectivity index (χ1) is 14.2.